The van der Waals surface area contributed by atoms with Crippen molar-refractivity contribution in [2.45, 2.75) is 17.7 Å². The predicted molar refractivity (Wildman–Crippen MR) is 97.4 cm³/mol. The first-order valence-electron chi connectivity index (χ1n) is 7.12. The van der Waals surface area contributed by atoms with E-state index in [9.17, 15) is 9.59 Å². The summed E-state index contributed by atoms with van der Waals surface area (Å²) >= 11 is 19.4. The SMILES string of the molecule is CSc1ccc(/C=C/C(=O)N2CCC(C(=O)Cl)CC2)c(Cl)c1Cl. The third kappa shape index (κ3) is 4.66. The molecule has 0 spiro atoms. The van der Waals surface area contributed by atoms with E-state index < -0.39 is 0 Å². The summed E-state index contributed by atoms with van der Waals surface area (Å²) in [5.41, 5.74) is 0.702. The second-order valence-electron chi connectivity index (χ2n) is 5.22. The molecule has 1 heterocycles. The lowest BCUT2D eigenvalue weighted by Gasteiger charge is -2.29. The quantitative estimate of drug-likeness (QED) is 0.422. The summed E-state index contributed by atoms with van der Waals surface area (Å²) in [7, 11) is 0. The zero-order valence-corrected chi connectivity index (χ0v) is 15.6. The Morgan fingerprint density at radius 3 is 2.43 bits per heavy atom. The topological polar surface area (TPSA) is 37.4 Å². The molecule has 23 heavy (non-hydrogen) atoms. The van der Waals surface area contributed by atoms with Crippen LogP contribution in [0.15, 0.2) is 23.1 Å². The van der Waals surface area contributed by atoms with Crippen LogP contribution >= 0.6 is 46.6 Å². The van der Waals surface area contributed by atoms with Gasteiger partial charge in [-0.15, -0.1) is 11.8 Å². The van der Waals surface area contributed by atoms with Crippen molar-refractivity contribution in [3.63, 3.8) is 0 Å². The highest BCUT2D eigenvalue weighted by Gasteiger charge is 2.25. The molecule has 0 radical (unpaired) electrons. The summed E-state index contributed by atoms with van der Waals surface area (Å²) in [4.78, 5) is 25.9. The highest BCUT2D eigenvalue weighted by molar-refractivity contribution is 7.98. The third-order valence-corrected chi connectivity index (χ3v) is 5.93. The van der Waals surface area contributed by atoms with Gasteiger partial charge < -0.3 is 4.90 Å². The van der Waals surface area contributed by atoms with Crippen molar-refractivity contribution in [3.05, 3.63) is 33.8 Å². The first-order chi connectivity index (χ1) is 10.9. The monoisotopic (exact) mass is 391 g/mol. The largest absolute Gasteiger partial charge is 0.339 e. The van der Waals surface area contributed by atoms with Crippen LogP contribution in [0.5, 0.6) is 0 Å². The lowest BCUT2D eigenvalue weighted by molar-refractivity contribution is -0.129. The van der Waals surface area contributed by atoms with Crippen molar-refractivity contribution < 1.29 is 9.59 Å². The molecule has 0 aromatic heterocycles. The normalized spacial score (nSPS) is 16.1. The smallest absolute Gasteiger partial charge is 0.246 e. The minimum atomic E-state index is -0.317. The van der Waals surface area contributed by atoms with E-state index in [1.54, 1.807) is 11.0 Å². The van der Waals surface area contributed by atoms with E-state index in [0.29, 0.717) is 41.5 Å². The Labute approximate surface area is 155 Å². The molecule has 1 aromatic carbocycles. The molecule has 7 heteroatoms. The molecular formula is C16H16Cl3NO2S. The van der Waals surface area contributed by atoms with E-state index >= 15 is 0 Å². The first kappa shape index (κ1) is 18.7. The lowest BCUT2D eigenvalue weighted by atomic mass is 9.98. The Morgan fingerprint density at radius 2 is 1.87 bits per heavy atom. The summed E-state index contributed by atoms with van der Waals surface area (Å²) in [6.45, 7) is 1.07. The van der Waals surface area contributed by atoms with Gasteiger partial charge in [-0.25, -0.2) is 0 Å². The number of amides is 1. The Balaban J connectivity index is 2.02. The number of piperidine rings is 1. The fraction of sp³-hybridized carbons (Fsp3) is 0.375. The number of carbonyl (C=O) groups excluding carboxylic acids is 2. The van der Waals surface area contributed by atoms with Crippen LogP contribution in [0.1, 0.15) is 18.4 Å². The molecule has 1 amide bonds. The Hall–Kier alpha value is -0.680. The van der Waals surface area contributed by atoms with Crippen LogP contribution in [0.4, 0.5) is 0 Å². The lowest BCUT2D eigenvalue weighted by Crippen LogP contribution is -2.38. The van der Waals surface area contributed by atoms with Crippen LogP contribution in [0.2, 0.25) is 10.0 Å². The van der Waals surface area contributed by atoms with Crippen LogP contribution in [-0.2, 0) is 9.59 Å². The van der Waals surface area contributed by atoms with Crippen LogP contribution in [0, 0.1) is 5.92 Å². The molecule has 1 saturated heterocycles. The van der Waals surface area contributed by atoms with E-state index in [1.807, 2.05) is 18.4 Å². The average Bonchev–Trinajstić information content (AvgIpc) is 2.56. The zero-order valence-electron chi connectivity index (χ0n) is 12.5. The minimum absolute atomic E-state index is 0.105. The molecular weight excluding hydrogens is 377 g/mol. The number of halogens is 3. The van der Waals surface area contributed by atoms with Crippen molar-refractivity contribution in [2.75, 3.05) is 19.3 Å². The zero-order chi connectivity index (χ0) is 17.0. The maximum atomic E-state index is 12.2. The van der Waals surface area contributed by atoms with Gasteiger partial charge in [0.2, 0.25) is 11.1 Å². The van der Waals surface area contributed by atoms with Gasteiger partial charge in [-0.2, -0.15) is 0 Å². The van der Waals surface area contributed by atoms with Crippen LogP contribution in [0.3, 0.4) is 0 Å². The number of benzene rings is 1. The van der Waals surface area contributed by atoms with E-state index in [0.717, 1.165) is 4.90 Å². The number of nitrogens with zero attached hydrogens (tertiary/aromatic N) is 1. The number of hydrogen-bond donors (Lipinski definition) is 0. The number of thioether (sulfide) groups is 1. The van der Waals surface area contributed by atoms with Gasteiger partial charge in [0.1, 0.15) is 0 Å². The fourth-order valence-electron chi connectivity index (χ4n) is 2.43. The van der Waals surface area contributed by atoms with Crippen LogP contribution < -0.4 is 0 Å². The van der Waals surface area contributed by atoms with E-state index in [-0.39, 0.29) is 17.1 Å². The molecule has 1 aromatic rings. The summed E-state index contributed by atoms with van der Waals surface area (Å²) < 4.78 is 0. The fourth-order valence-corrected chi connectivity index (χ4v) is 3.82. The average molecular weight is 393 g/mol. The van der Waals surface area contributed by atoms with Gasteiger partial charge >= 0.3 is 0 Å². The van der Waals surface area contributed by atoms with Gasteiger partial charge in [-0.05, 0) is 48.4 Å². The number of rotatable bonds is 4. The number of carbonyl (C=O) groups is 2. The van der Waals surface area contributed by atoms with Crippen molar-refractivity contribution in [1.82, 2.24) is 4.90 Å². The van der Waals surface area contributed by atoms with Crippen molar-refractivity contribution in [2.24, 2.45) is 5.92 Å². The molecule has 0 atom stereocenters. The van der Waals surface area contributed by atoms with E-state index in [2.05, 4.69) is 0 Å². The van der Waals surface area contributed by atoms with E-state index in [4.69, 9.17) is 34.8 Å². The summed E-state index contributed by atoms with van der Waals surface area (Å²) in [5, 5.41) is 0.618. The molecule has 0 N–H and O–H groups in total. The van der Waals surface area contributed by atoms with Crippen LogP contribution in [0.25, 0.3) is 6.08 Å². The standard InChI is InChI=1S/C16H16Cl3NO2S/c1-23-12-4-2-10(14(17)15(12)18)3-5-13(21)20-8-6-11(7-9-20)16(19)22/h2-5,11H,6-9H2,1H3/b5-3+. The molecule has 124 valence electrons. The Bertz CT molecular complexity index is 640. The molecule has 0 saturated carbocycles. The summed E-state index contributed by atoms with van der Waals surface area (Å²) in [6, 6.07) is 3.71. The predicted octanol–water partition coefficient (Wildman–Crippen LogP) is 4.73. The van der Waals surface area contributed by atoms with Gasteiger partial charge in [0.25, 0.3) is 0 Å². The molecule has 0 aliphatic carbocycles. The van der Waals surface area contributed by atoms with Gasteiger partial charge in [-0.1, -0.05) is 29.3 Å². The van der Waals surface area contributed by atoms with Gasteiger partial charge in [-0.3, -0.25) is 9.59 Å². The summed E-state index contributed by atoms with van der Waals surface area (Å²) in [6.07, 6.45) is 6.29. The molecule has 1 fully saturated rings. The number of likely N-dealkylation sites (tertiary alicyclic amines) is 1. The highest BCUT2D eigenvalue weighted by Crippen LogP contribution is 2.35. The Morgan fingerprint density at radius 1 is 1.22 bits per heavy atom. The second-order valence-corrected chi connectivity index (χ2v) is 7.20. The van der Waals surface area contributed by atoms with E-state index in [1.165, 1.54) is 17.8 Å². The highest BCUT2D eigenvalue weighted by atomic mass is 35.5. The maximum Gasteiger partial charge on any atom is 0.246 e. The minimum Gasteiger partial charge on any atom is -0.339 e. The van der Waals surface area contributed by atoms with Crippen molar-refractivity contribution in [1.29, 1.82) is 0 Å². The van der Waals surface area contributed by atoms with Gasteiger partial charge in [0, 0.05) is 30.0 Å². The maximum absolute atomic E-state index is 12.2. The van der Waals surface area contributed by atoms with Gasteiger partial charge in [0.15, 0.2) is 0 Å². The van der Waals surface area contributed by atoms with Crippen LogP contribution in [-0.4, -0.2) is 35.4 Å². The summed E-state index contributed by atoms with van der Waals surface area (Å²) in [5.74, 6) is -0.247. The first-order valence-corrected chi connectivity index (χ1v) is 9.48. The number of hydrogen-bond acceptors (Lipinski definition) is 3. The molecule has 2 rings (SSSR count). The molecule has 1 aliphatic rings. The second kappa shape index (κ2) is 8.43. The van der Waals surface area contributed by atoms with Gasteiger partial charge in [0.05, 0.1) is 10.0 Å². The third-order valence-electron chi connectivity index (χ3n) is 3.83. The van der Waals surface area contributed by atoms with Crippen molar-refractivity contribution in [3.8, 4) is 0 Å². The molecule has 0 bridgehead atoms. The Kier molecular flexibility index (Phi) is 6.84. The molecule has 1 aliphatic heterocycles. The molecule has 3 nitrogen and oxygen atoms in total. The molecule has 0 unspecified atom stereocenters. The van der Waals surface area contributed by atoms with Crippen molar-refractivity contribution >= 4 is 63.8 Å².